The van der Waals surface area contributed by atoms with E-state index in [0.717, 1.165) is 5.56 Å². The summed E-state index contributed by atoms with van der Waals surface area (Å²) in [5.41, 5.74) is 6.10. The fourth-order valence-corrected chi connectivity index (χ4v) is 2.79. The SMILES string of the molecule is C[C@H](C(=O)NC[C@@H]1C[C@H](F)CN1CC(N)=O)c1ccccc1. The molecule has 1 fully saturated rings. The molecule has 5 nitrogen and oxygen atoms in total. The number of amides is 2. The van der Waals surface area contributed by atoms with Crippen LogP contribution in [0.3, 0.4) is 0 Å². The predicted molar refractivity (Wildman–Crippen MR) is 81.9 cm³/mol. The minimum Gasteiger partial charge on any atom is -0.369 e. The first kappa shape index (κ1) is 16.4. The van der Waals surface area contributed by atoms with Crippen molar-refractivity contribution in [1.82, 2.24) is 10.2 Å². The van der Waals surface area contributed by atoms with Crippen molar-refractivity contribution in [1.29, 1.82) is 0 Å². The molecule has 0 aliphatic carbocycles. The number of halogens is 1. The van der Waals surface area contributed by atoms with E-state index >= 15 is 0 Å². The van der Waals surface area contributed by atoms with Gasteiger partial charge in [0.25, 0.3) is 0 Å². The van der Waals surface area contributed by atoms with Crippen molar-refractivity contribution in [2.45, 2.75) is 31.5 Å². The number of hydrogen-bond acceptors (Lipinski definition) is 3. The maximum atomic E-state index is 13.5. The van der Waals surface area contributed by atoms with Crippen LogP contribution in [-0.4, -0.2) is 48.6 Å². The summed E-state index contributed by atoms with van der Waals surface area (Å²) in [6, 6.07) is 9.29. The summed E-state index contributed by atoms with van der Waals surface area (Å²) in [6.07, 6.45) is -0.666. The summed E-state index contributed by atoms with van der Waals surface area (Å²) in [6.45, 7) is 2.37. The van der Waals surface area contributed by atoms with Gasteiger partial charge >= 0.3 is 0 Å². The Morgan fingerprint density at radius 3 is 2.73 bits per heavy atom. The summed E-state index contributed by atoms with van der Waals surface area (Å²) >= 11 is 0. The van der Waals surface area contributed by atoms with E-state index in [1.54, 1.807) is 4.90 Å². The first-order chi connectivity index (χ1) is 10.5. The lowest BCUT2D eigenvalue weighted by molar-refractivity contribution is -0.122. The molecule has 0 saturated carbocycles. The van der Waals surface area contributed by atoms with Crippen LogP contribution in [-0.2, 0) is 9.59 Å². The van der Waals surface area contributed by atoms with Crippen LogP contribution in [0.25, 0.3) is 0 Å². The lowest BCUT2D eigenvalue weighted by Gasteiger charge is -2.23. The number of nitrogens with one attached hydrogen (secondary N) is 1. The molecule has 6 heteroatoms. The Kier molecular flexibility index (Phi) is 5.49. The third-order valence-electron chi connectivity index (χ3n) is 4.04. The molecule has 1 aliphatic heterocycles. The van der Waals surface area contributed by atoms with E-state index in [4.69, 9.17) is 5.73 Å². The number of nitrogens with zero attached hydrogens (tertiary/aromatic N) is 1. The van der Waals surface area contributed by atoms with Gasteiger partial charge in [0.1, 0.15) is 6.17 Å². The highest BCUT2D eigenvalue weighted by atomic mass is 19.1. The van der Waals surface area contributed by atoms with Gasteiger partial charge in [0.15, 0.2) is 0 Å². The molecular weight excluding hydrogens is 285 g/mol. The topological polar surface area (TPSA) is 75.4 Å². The zero-order valence-electron chi connectivity index (χ0n) is 12.7. The highest BCUT2D eigenvalue weighted by molar-refractivity contribution is 5.83. The van der Waals surface area contributed by atoms with Crippen molar-refractivity contribution in [2.24, 2.45) is 5.73 Å². The largest absolute Gasteiger partial charge is 0.369 e. The Bertz CT molecular complexity index is 523. The average molecular weight is 307 g/mol. The Balaban J connectivity index is 1.88. The second kappa shape index (κ2) is 7.35. The zero-order chi connectivity index (χ0) is 16.1. The van der Waals surface area contributed by atoms with Crippen molar-refractivity contribution in [3.63, 3.8) is 0 Å². The van der Waals surface area contributed by atoms with Crippen molar-refractivity contribution in [2.75, 3.05) is 19.6 Å². The molecule has 22 heavy (non-hydrogen) atoms. The molecule has 3 N–H and O–H groups in total. The molecular formula is C16H22FN3O2. The van der Waals surface area contributed by atoms with Gasteiger partial charge in [-0.3, -0.25) is 14.5 Å². The molecule has 0 aromatic heterocycles. The summed E-state index contributed by atoms with van der Waals surface area (Å²) in [5, 5.41) is 2.85. The molecule has 0 unspecified atom stereocenters. The Labute approximate surface area is 129 Å². The fraction of sp³-hybridized carbons (Fsp3) is 0.500. The van der Waals surface area contributed by atoms with Crippen LogP contribution in [0.4, 0.5) is 4.39 Å². The predicted octanol–water partition coefficient (Wildman–Crippen LogP) is 0.804. The molecule has 0 bridgehead atoms. The number of rotatable bonds is 6. The van der Waals surface area contributed by atoms with Crippen LogP contribution in [0.15, 0.2) is 30.3 Å². The van der Waals surface area contributed by atoms with Gasteiger partial charge in [0, 0.05) is 19.1 Å². The third kappa shape index (κ3) is 4.27. The van der Waals surface area contributed by atoms with Gasteiger partial charge in [0.05, 0.1) is 12.5 Å². The van der Waals surface area contributed by atoms with E-state index in [0.29, 0.717) is 13.0 Å². The smallest absolute Gasteiger partial charge is 0.231 e. The lowest BCUT2D eigenvalue weighted by Crippen LogP contribution is -2.44. The lowest BCUT2D eigenvalue weighted by atomic mass is 10.0. The van der Waals surface area contributed by atoms with Gasteiger partial charge in [-0.2, -0.15) is 0 Å². The number of benzene rings is 1. The van der Waals surface area contributed by atoms with Crippen molar-refractivity contribution in [3.05, 3.63) is 35.9 Å². The molecule has 1 saturated heterocycles. The van der Waals surface area contributed by atoms with Crippen molar-refractivity contribution in [3.8, 4) is 0 Å². The van der Waals surface area contributed by atoms with Gasteiger partial charge in [-0.25, -0.2) is 4.39 Å². The molecule has 1 aromatic rings. The molecule has 0 spiro atoms. The first-order valence-electron chi connectivity index (χ1n) is 7.46. The maximum absolute atomic E-state index is 13.5. The minimum atomic E-state index is -0.979. The van der Waals surface area contributed by atoms with Gasteiger partial charge < -0.3 is 11.1 Å². The van der Waals surface area contributed by atoms with Crippen LogP contribution in [0.5, 0.6) is 0 Å². The summed E-state index contributed by atoms with van der Waals surface area (Å²) in [4.78, 5) is 24.9. The number of nitrogens with two attached hydrogens (primary N) is 1. The highest BCUT2D eigenvalue weighted by Gasteiger charge is 2.33. The van der Waals surface area contributed by atoms with Gasteiger partial charge in [-0.15, -0.1) is 0 Å². The monoisotopic (exact) mass is 307 g/mol. The second-order valence-corrected chi connectivity index (χ2v) is 5.76. The molecule has 1 aliphatic rings. The zero-order valence-corrected chi connectivity index (χ0v) is 12.7. The number of primary amides is 1. The second-order valence-electron chi connectivity index (χ2n) is 5.76. The van der Waals surface area contributed by atoms with Crippen molar-refractivity contribution < 1.29 is 14.0 Å². The molecule has 0 radical (unpaired) electrons. The quantitative estimate of drug-likeness (QED) is 0.816. The average Bonchev–Trinajstić information content (AvgIpc) is 2.83. The number of carbonyl (C=O) groups is 2. The molecule has 2 amide bonds. The summed E-state index contributed by atoms with van der Waals surface area (Å²) in [5.74, 6) is -0.857. The van der Waals surface area contributed by atoms with Crippen LogP contribution in [0.2, 0.25) is 0 Å². The van der Waals surface area contributed by atoms with Crippen LogP contribution >= 0.6 is 0 Å². The van der Waals surface area contributed by atoms with Gasteiger partial charge in [-0.1, -0.05) is 30.3 Å². The molecule has 120 valence electrons. The van der Waals surface area contributed by atoms with Crippen molar-refractivity contribution >= 4 is 11.8 Å². The molecule has 1 aromatic carbocycles. The minimum absolute atomic E-state index is 0.0230. The molecule has 1 heterocycles. The van der Waals surface area contributed by atoms with Crippen LogP contribution in [0.1, 0.15) is 24.8 Å². The first-order valence-corrected chi connectivity index (χ1v) is 7.46. The molecule has 3 atom stereocenters. The van der Waals surface area contributed by atoms with Crippen LogP contribution in [0, 0.1) is 0 Å². The standard InChI is InChI=1S/C16H22FN3O2/c1-11(12-5-3-2-4-6-12)16(22)19-8-14-7-13(17)9-20(14)10-15(18)21/h2-6,11,13-14H,7-10H2,1H3,(H2,18,21)(H,19,22)/t11-,13-,14-/m0/s1. The van der Waals surface area contributed by atoms with E-state index in [2.05, 4.69) is 5.32 Å². The van der Waals surface area contributed by atoms with E-state index < -0.39 is 12.1 Å². The number of carbonyl (C=O) groups excluding carboxylic acids is 2. The number of alkyl halides is 1. The van der Waals surface area contributed by atoms with E-state index in [1.165, 1.54) is 0 Å². The Morgan fingerprint density at radius 2 is 2.09 bits per heavy atom. The summed E-state index contributed by atoms with van der Waals surface area (Å²) in [7, 11) is 0. The number of likely N-dealkylation sites (tertiary alicyclic amines) is 1. The van der Waals surface area contributed by atoms with Crippen LogP contribution < -0.4 is 11.1 Å². The highest BCUT2D eigenvalue weighted by Crippen LogP contribution is 2.20. The van der Waals surface area contributed by atoms with Gasteiger partial charge in [0.2, 0.25) is 11.8 Å². The third-order valence-corrected chi connectivity index (χ3v) is 4.04. The number of hydrogen-bond donors (Lipinski definition) is 2. The maximum Gasteiger partial charge on any atom is 0.231 e. The van der Waals surface area contributed by atoms with E-state index in [-0.39, 0.29) is 31.0 Å². The van der Waals surface area contributed by atoms with E-state index in [9.17, 15) is 14.0 Å². The molecule has 2 rings (SSSR count). The fourth-order valence-electron chi connectivity index (χ4n) is 2.79. The normalized spacial score (nSPS) is 23.2. The van der Waals surface area contributed by atoms with E-state index in [1.807, 2.05) is 37.3 Å². The Morgan fingerprint density at radius 1 is 1.41 bits per heavy atom. The summed E-state index contributed by atoms with van der Waals surface area (Å²) < 4.78 is 13.5. The van der Waals surface area contributed by atoms with Gasteiger partial charge in [-0.05, 0) is 18.9 Å². The Hall–Kier alpha value is -1.95.